The lowest BCUT2D eigenvalue weighted by Crippen LogP contribution is -2.03. The molecule has 0 bridgehead atoms. The second-order valence-corrected chi connectivity index (χ2v) is 5.59. The molecular weight excluding hydrogens is 304 g/mol. The van der Waals surface area contributed by atoms with Gasteiger partial charge in [0.25, 0.3) is 0 Å². The summed E-state index contributed by atoms with van der Waals surface area (Å²) in [6.07, 6.45) is 14.8. The lowest BCUT2D eigenvalue weighted by atomic mass is 10.1. The molecule has 0 aliphatic rings. The van der Waals surface area contributed by atoms with E-state index in [0.29, 0.717) is 19.3 Å². The molecule has 0 heterocycles. The Morgan fingerprint density at radius 3 is 2.25 bits per heavy atom. The molecule has 0 aromatic carbocycles. The highest BCUT2D eigenvalue weighted by atomic mass is 16.4. The fraction of sp³-hybridized carbons (Fsp3) is 0.550. The van der Waals surface area contributed by atoms with Crippen molar-refractivity contribution in [3.63, 3.8) is 0 Å². The molecule has 0 saturated heterocycles. The third kappa shape index (κ3) is 16.5. The molecule has 0 aromatic rings. The molecular formula is C20H30O4. The van der Waals surface area contributed by atoms with E-state index in [4.69, 9.17) is 5.11 Å². The fourth-order valence-corrected chi connectivity index (χ4v) is 1.87. The zero-order chi connectivity index (χ0) is 18.0. The lowest BCUT2D eigenvalue weighted by Gasteiger charge is -2.02. The van der Waals surface area contributed by atoms with Gasteiger partial charge in [0.1, 0.15) is 0 Å². The van der Waals surface area contributed by atoms with Crippen LogP contribution in [0.2, 0.25) is 0 Å². The minimum atomic E-state index is -0.847. The number of carboxylic acids is 1. The first-order valence-electron chi connectivity index (χ1n) is 8.61. The number of aliphatic hydroxyl groups excluding tert-OH is 2. The van der Waals surface area contributed by atoms with Gasteiger partial charge in [-0.2, -0.15) is 0 Å². The molecule has 0 spiro atoms. The van der Waals surface area contributed by atoms with E-state index in [1.165, 1.54) is 12.8 Å². The molecule has 134 valence electrons. The highest BCUT2D eigenvalue weighted by Gasteiger charge is 2.01. The number of carbonyl (C=O) groups is 1. The van der Waals surface area contributed by atoms with E-state index >= 15 is 0 Å². The number of hydrogen-bond donors (Lipinski definition) is 3. The van der Waals surface area contributed by atoms with Gasteiger partial charge in [0, 0.05) is 19.3 Å². The average molecular weight is 334 g/mol. The molecule has 0 radical (unpaired) electrons. The zero-order valence-electron chi connectivity index (χ0n) is 14.5. The summed E-state index contributed by atoms with van der Waals surface area (Å²) in [4.78, 5) is 10.3. The highest BCUT2D eigenvalue weighted by molar-refractivity contribution is 5.66. The molecule has 24 heavy (non-hydrogen) atoms. The van der Waals surface area contributed by atoms with Crippen molar-refractivity contribution in [3.05, 3.63) is 36.5 Å². The molecule has 4 heteroatoms. The van der Waals surface area contributed by atoms with Crippen molar-refractivity contribution >= 4 is 5.97 Å². The van der Waals surface area contributed by atoms with Gasteiger partial charge in [-0.3, -0.25) is 4.79 Å². The van der Waals surface area contributed by atoms with Crippen LogP contribution in [0.4, 0.5) is 0 Å². The molecule has 0 saturated carbocycles. The predicted octanol–water partition coefficient (Wildman–Crippen LogP) is 3.61. The molecule has 0 aromatic heterocycles. The number of aliphatic hydroxyl groups is 2. The number of unbranched alkanes of at least 4 members (excludes halogenated alkanes) is 3. The maximum Gasteiger partial charge on any atom is 0.303 e. The summed E-state index contributed by atoms with van der Waals surface area (Å²) < 4.78 is 0. The van der Waals surface area contributed by atoms with Crippen molar-refractivity contribution in [1.82, 2.24) is 0 Å². The van der Waals surface area contributed by atoms with Crippen molar-refractivity contribution in [2.24, 2.45) is 0 Å². The normalized spacial score (nSPS) is 14.1. The molecule has 0 amide bonds. The Morgan fingerprint density at radius 2 is 1.62 bits per heavy atom. The Bertz CT molecular complexity index is 466. The summed E-state index contributed by atoms with van der Waals surface area (Å²) in [5, 5.41) is 27.8. The van der Waals surface area contributed by atoms with Crippen molar-refractivity contribution in [3.8, 4) is 11.8 Å². The van der Waals surface area contributed by atoms with Crippen LogP contribution in [0.1, 0.15) is 58.3 Å². The number of allylic oxidation sites excluding steroid dienone is 4. The second kappa shape index (κ2) is 16.0. The Labute approximate surface area is 145 Å². The first-order valence-corrected chi connectivity index (χ1v) is 8.61. The molecule has 0 rings (SSSR count). The Hall–Kier alpha value is -1.83. The molecule has 0 fully saturated rings. The summed E-state index contributed by atoms with van der Waals surface area (Å²) in [6, 6.07) is 0. The van der Waals surface area contributed by atoms with E-state index in [2.05, 4.69) is 18.8 Å². The molecule has 0 unspecified atom stereocenters. The Balaban J connectivity index is 3.85. The maximum atomic E-state index is 10.3. The largest absolute Gasteiger partial charge is 0.481 e. The summed E-state index contributed by atoms with van der Waals surface area (Å²) in [5.74, 6) is 5.19. The molecule has 4 nitrogen and oxygen atoms in total. The van der Waals surface area contributed by atoms with Crippen LogP contribution in [0.3, 0.4) is 0 Å². The van der Waals surface area contributed by atoms with Crippen molar-refractivity contribution < 1.29 is 20.1 Å². The summed E-state index contributed by atoms with van der Waals surface area (Å²) >= 11 is 0. The lowest BCUT2D eigenvalue weighted by molar-refractivity contribution is -0.137. The summed E-state index contributed by atoms with van der Waals surface area (Å²) in [5.41, 5.74) is 0. The second-order valence-electron chi connectivity index (χ2n) is 5.59. The number of aliphatic carboxylic acids is 1. The third-order valence-corrected chi connectivity index (χ3v) is 3.23. The van der Waals surface area contributed by atoms with Gasteiger partial charge >= 0.3 is 5.97 Å². The van der Waals surface area contributed by atoms with Gasteiger partial charge in [0.05, 0.1) is 12.2 Å². The Kier molecular flexibility index (Phi) is 14.8. The van der Waals surface area contributed by atoms with Gasteiger partial charge in [-0.05, 0) is 19.3 Å². The standard InChI is InChI=1S/C20H30O4/c1-2-3-4-5-6-9-13-18(21)14-10-7-8-11-15-19(22)16-12-17-20(23)24/h7-8,10-11,14-15,18-19,21-22H,2-5,12-13,16-17H2,1H3,(H,23,24)/b8-7+,14-10+,15-11-/t18-,19-/m1/s1. The van der Waals surface area contributed by atoms with Gasteiger partial charge in [-0.25, -0.2) is 0 Å². The van der Waals surface area contributed by atoms with Crippen LogP contribution >= 0.6 is 0 Å². The molecule has 0 aliphatic carbocycles. The van der Waals surface area contributed by atoms with Gasteiger partial charge < -0.3 is 15.3 Å². The van der Waals surface area contributed by atoms with E-state index in [-0.39, 0.29) is 6.42 Å². The number of rotatable bonds is 12. The van der Waals surface area contributed by atoms with E-state index in [9.17, 15) is 15.0 Å². The van der Waals surface area contributed by atoms with E-state index in [1.807, 2.05) is 0 Å². The SMILES string of the molecule is CCCCCC#CC[C@@H](O)/C=C/C=C/C=C\[C@@H](O)CCCC(=O)O. The first kappa shape index (κ1) is 22.2. The van der Waals surface area contributed by atoms with Crippen LogP contribution in [0, 0.1) is 11.8 Å². The Morgan fingerprint density at radius 1 is 0.958 bits per heavy atom. The van der Waals surface area contributed by atoms with Crippen LogP contribution < -0.4 is 0 Å². The molecule has 0 aliphatic heterocycles. The smallest absolute Gasteiger partial charge is 0.303 e. The summed E-state index contributed by atoms with van der Waals surface area (Å²) in [7, 11) is 0. The van der Waals surface area contributed by atoms with E-state index in [0.717, 1.165) is 12.8 Å². The minimum absolute atomic E-state index is 0.0723. The first-order chi connectivity index (χ1) is 11.6. The predicted molar refractivity (Wildman–Crippen MR) is 97.5 cm³/mol. The minimum Gasteiger partial charge on any atom is -0.481 e. The number of carboxylic acid groups (broad SMARTS) is 1. The molecule has 3 N–H and O–H groups in total. The van der Waals surface area contributed by atoms with Crippen LogP contribution in [-0.2, 0) is 4.79 Å². The van der Waals surface area contributed by atoms with Crippen LogP contribution in [0.25, 0.3) is 0 Å². The van der Waals surface area contributed by atoms with Gasteiger partial charge in [0.15, 0.2) is 0 Å². The monoisotopic (exact) mass is 334 g/mol. The zero-order valence-corrected chi connectivity index (χ0v) is 14.5. The average Bonchev–Trinajstić information content (AvgIpc) is 2.53. The van der Waals surface area contributed by atoms with Crippen LogP contribution in [-0.4, -0.2) is 33.5 Å². The van der Waals surface area contributed by atoms with Crippen LogP contribution in [0.15, 0.2) is 36.5 Å². The van der Waals surface area contributed by atoms with Crippen LogP contribution in [0.5, 0.6) is 0 Å². The van der Waals surface area contributed by atoms with Gasteiger partial charge in [-0.15, -0.1) is 11.8 Å². The number of hydrogen-bond acceptors (Lipinski definition) is 3. The van der Waals surface area contributed by atoms with E-state index in [1.54, 1.807) is 36.5 Å². The van der Waals surface area contributed by atoms with Crippen molar-refractivity contribution in [2.45, 2.75) is 70.5 Å². The quantitative estimate of drug-likeness (QED) is 0.289. The van der Waals surface area contributed by atoms with Crippen molar-refractivity contribution in [2.75, 3.05) is 0 Å². The summed E-state index contributed by atoms with van der Waals surface area (Å²) in [6.45, 7) is 2.16. The van der Waals surface area contributed by atoms with Gasteiger partial charge in [0.2, 0.25) is 0 Å². The maximum absolute atomic E-state index is 10.3. The van der Waals surface area contributed by atoms with E-state index < -0.39 is 18.2 Å². The molecule has 2 atom stereocenters. The third-order valence-electron chi connectivity index (χ3n) is 3.23. The van der Waals surface area contributed by atoms with Crippen molar-refractivity contribution in [1.29, 1.82) is 0 Å². The highest BCUT2D eigenvalue weighted by Crippen LogP contribution is 2.02. The fourth-order valence-electron chi connectivity index (χ4n) is 1.87. The topological polar surface area (TPSA) is 77.8 Å². The van der Waals surface area contributed by atoms with Gasteiger partial charge in [-0.1, -0.05) is 56.2 Å².